The number of benzene rings is 2. The van der Waals surface area contributed by atoms with Crippen LogP contribution in [0.5, 0.6) is 5.75 Å². The van der Waals surface area contributed by atoms with Crippen molar-refractivity contribution >= 4 is 17.3 Å². The number of ether oxygens (including phenoxy) is 1. The quantitative estimate of drug-likeness (QED) is 0.841. The molecule has 1 amide bonds. The van der Waals surface area contributed by atoms with Crippen molar-refractivity contribution in [2.75, 3.05) is 16.9 Å². The molecule has 4 rings (SSSR count). The van der Waals surface area contributed by atoms with Crippen LogP contribution in [0.15, 0.2) is 48.5 Å². The summed E-state index contributed by atoms with van der Waals surface area (Å²) in [5, 5.41) is 0. The van der Waals surface area contributed by atoms with E-state index >= 15 is 0 Å². The zero-order chi connectivity index (χ0) is 14.4. The number of nitrogens with one attached hydrogen (secondary N) is 2. The number of hydrogen-bond donors (Lipinski definition) is 2. The van der Waals surface area contributed by atoms with E-state index in [0.29, 0.717) is 12.3 Å². The molecule has 2 aromatic rings. The minimum Gasteiger partial charge on any atom is -0.455 e. The Kier molecular flexibility index (Phi) is 2.46. The molecular formula is C16H15N3O2. The molecule has 0 aromatic heterocycles. The van der Waals surface area contributed by atoms with E-state index in [2.05, 4.69) is 10.9 Å². The number of carbonyl (C=O) groups excluding carboxylic acids is 1. The van der Waals surface area contributed by atoms with Crippen molar-refractivity contribution in [3.63, 3.8) is 0 Å². The maximum absolute atomic E-state index is 12.9. The molecule has 2 heterocycles. The van der Waals surface area contributed by atoms with Crippen molar-refractivity contribution in [3.05, 3.63) is 54.1 Å². The Balaban J connectivity index is 1.88. The lowest BCUT2D eigenvalue weighted by Gasteiger charge is -2.35. The first-order valence-corrected chi connectivity index (χ1v) is 6.99. The Bertz CT molecular complexity index is 731. The number of likely N-dealkylation sites (N-methyl/N-ethyl adjacent to an activating group) is 1. The van der Waals surface area contributed by atoms with Gasteiger partial charge in [-0.05, 0) is 25.1 Å². The van der Waals surface area contributed by atoms with Gasteiger partial charge in [-0.2, -0.15) is 5.43 Å². The summed E-state index contributed by atoms with van der Waals surface area (Å²) >= 11 is 0. The maximum Gasteiger partial charge on any atom is 0.293 e. The number of para-hydroxylation sites is 3. The van der Waals surface area contributed by atoms with Crippen molar-refractivity contribution in [1.82, 2.24) is 5.43 Å². The fourth-order valence-electron chi connectivity index (χ4n) is 2.96. The topological polar surface area (TPSA) is 53.6 Å². The van der Waals surface area contributed by atoms with Crippen LogP contribution in [0.25, 0.3) is 0 Å². The van der Waals surface area contributed by atoms with E-state index in [0.717, 1.165) is 16.9 Å². The van der Waals surface area contributed by atoms with Crippen molar-refractivity contribution in [1.29, 1.82) is 0 Å². The smallest absolute Gasteiger partial charge is 0.293 e. The molecule has 5 nitrogen and oxygen atoms in total. The highest BCUT2D eigenvalue weighted by atomic mass is 16.5. The Morgan fingerprint density at radius 1 is 1.14 bits per heavy atom. The van der Waals surface area contributed by atoms with Crippen molar-refractivity contribution in [2.45, 2.75) is 12.6 Å². The first kappa shape index (κ1) is 12.2. The third-order valence-corrected chi connectivity index (χ3v) is 3.96. The van der Waals surface area contributed by atoms with E-state index in [1.54, 1.807) is 4.90 Å². The van der Waals surface area contributed by atoms with Crippen LogP contribution in [0, 0.1) is 0 Å². The summed E-state index contributed by atoms with van der Waals surface area (Å²) in [5.74, 6) is 0.561. The molecule has 2 aliphatic heterocycles. The maximum atomic E-state index is 12.9. The monoisotopic (exact) mass is 281 g/mol. The zero-order valence-corrected chi connectivity index (χ0v) is 11.6. The second kappa shape index (κ2) is 4.23. The SMILES string of the molecule is CCN1C(=O)C2(NNc3ccccc3O2)c2ccccc21. The number of nitrogens with zero attached hydrogens (tertiary/aromatic N) is 1. The minimum atomic E-state index is -1.19. The molecule has 2 aromatic carbocycles. The second-order valence-corrected chi connectivity index (χ2v) is 5.10. The number of anilines is 2. The van der Waals surface area contributed by atoms with Gasteiger partial charge in [0.15, 0.2) is 0 Å². The number of amides is 1. The highest BCUT2D eigenvalue weighted by molar-refractivity contribution is 6.07. The lowest BCUT2D eigenvalue weighted by atomic mass is 10.0. The van der Waals surface area contributed by atoms with E-state index in [1.807, 2.05) is 55.5 Å². The zero-order valence-electron chi connectivity index (χ0n) is 11.6. The molecule has 0 bridgehead atoms. The van der Waals surface area contributed by atoms with Crippen LogP contribution >= 0.6 is 0 Å². The van der Waals surface area contributed by atoms with Gasteiger partial charge in [0.05, 0.1) is 11.4 Å². The molecule has 2 aliphatic rings. The summed E-state index contributed by atoms with van der Waals surface area (Å²) in [5.41, 5.74) is 7.50. The van der Waals surface area contributed by atoms with Gasteiger partial charge in [-0.3, -0.25) is 4.79 Å². The first-order chi connectivity index (χ1) is 10.3. The molecule has 0 fully saturated rings. The lowest BCUT2D eigenvalue weighted by molar-refractivity contribution is -0.136. The molecule has 1 unspecified atom stereocenters. The predicted octanol–water partition coefficient (Wildman–Crippen LogP) is 2.21. The van der Waals surface area contributed by atoms with Gasteiger partial charge >= 0.3 is 0 Å². The van der Waals surface area contributed by atoms with Gasteiger partial charge in [-0.1, -0.05) is 30.3 Å². The van der Waals surface area contributed by atoms with Gasteiger partial charge in [0.1, 0.15) is 5.75 Å². The predicted molar refractivity (Wildman–Crippen MR) is 80.0 cm³/mol. The van der Waals surface area contributed by atoms with Crippen molar-refractivity contribution in [3.8, 4) is 5.75 Å². The number of hydrogen-bond acceptors (Lipinski definition) is 4. The van der Waals surface area contributed by atoms with Crippen molar-refractivity contribution in [2.24, 2.45) is 0 Å². The molecule has 106 valence electrons. The average Bonchev–Trinajstić information content (AvgIpc) is 2.76. The molecule has 5 heteroatoms. The minimum absolute atomic E-state index is 0.104. The number of hydrazine groups is 1. The van der Waals surface area contributed by atoms with Gasteiger partial charge in [-0.25, -0.2) is 0 Å². The normalized spacial score (nSPS) is 22.5. The summed E-state index contributed by atoms with van der Waals surface area (Å²) in [6.07, 6.45) is 0. The van der Waals surface area contributed by atoms with Crippen LogP contribution in [0.2, 0.25) is 0 Å². The second-order valence-electron chi connectivity index (χ2n) is 5.10. The summed E-state index contributed by atoms with van der Waals surface area (Å²) in [7, 11) is 0. The van der Waals surface area contributed by atoms with E-state index < -0.39 is 5.72 Å². The van der Waals surface area contributed by atoms with Crippen LogP contribution in [0.1, 0.15) is 12.5 Å². The fraction of sp³-hybridized carbons (Fsp3) is 0.188. The number of fused-ring (bicyclic) bond motifs is 3. The van der Waals surface area contributed by atoms with Gasteiger partial charge in [-0.15, -0.1) is 0 Å². The third kappa shape index (κ3) is 1.52. The highest BCUT2D eigenvalue weighted by Gasteiger charge is 2.54. The highest BCUT2D eigenvalue weighted by Crippen LogP contribution is 2.44. The lowest BCUT2D eigenvalue weighted by Crippen LogP contribution is -2.58. The van der Waals surface area contributed by atoms with E-state index in [1.165, 1.54) is 0 Å². The van der Waals surface area contributed by atoms with E-state index in [4.69, 9.17) is 4.74 Å². The third-order valence-electron chi connectivity index (χ3n) is 3.96. The van der Waals surface area contributed by atoms with Gasteiger partial charge in [0, 0.05) is 12.1 Å². The van der Waals surface area contributed by atoms with E-state index in [9.17, 15) is 4.79 Å². The Morgan fingerprint density at radius 2 is 1.90 bits per heavy atom. The summed E-state index contributed by atoms with van der Waals surface area (Å²) in [4.78, 5) is 14.6. The van der Waals surface area contributed by atoms with Crippen LogP contribution in [-0.2, 0) is 10.5 Å². The van der Waals surface area contributed by atoms with Gasteiger partial charge < -0.3 is 15.1 Å². The average molecular weight is 281 g/mol. The molecular weight excluding hydrogens is 266 g/mol. The molecule has 0 saturated carbocycles. The van der Waals surface area contributed by atoms with Gasteiger partial charge in [0.25, 0.3) is 11.6 Å². The largest absolute Gasteiger partial charge is 0.455 e. The summed E-state index contributed by atoms with van der Waals surface area (Å²) in [6.45, 7) is 2.56. The molecule has 0 saturated heterocycles. The van der Waals surface area contributed by atoms with Crippen LogP contribution in [0.4, 0.5) is 11.4 Å². The van der Waals surface area contributed by atoms with Crippen molar-refractivity contribution < 1.29 is 9.53 Å². The van der Waals surface area contributed by atoms with Crippen LogP contribution in [-0.4, -0.2) is 12.5 Å². The Morgan fingerprint density at radius 3 is 2.76 bits per heavy atom. The Hall–Kier alpha value is -2.53. The molecule has 0 radical (unpaired) electrons. The fourth-order valence-corrected chi connectivity index (χ4v) is 2.96. The molecule has 0 aliphatic carbocycles. The van der Waals surface area contributed by atoms with Crippen LogP contribution in [0.3, 0.4) is 0 Å². The van der Waals surface area contributed by atoms with Crippen LogP contribution < -0.4 is 20.5 Å². The molecule has 2 N–H and O–H groups in total. The summed E-state index contributed by atoms with van der Waals surface area (Å²) < 4.78 is 6.09. The summed E-state index contributed by atoms with van der Waals surface area (Å²) in [6, 6.07) is 15.3. The Labute approximate surface area is 122 Å². The van der Waals surface area contributed by atoms with Gasteiger partial charge in [0.2, 0.25) is 0 Å². The molecule has 21 heavy (non-hydrogen) atoms. The first-order valence-electron chi connectivity index (χ1n) is 6.99. The molecule has 1 spiro atoms. The molecule has 1 atom stereocenters. The van der Waals surface area contributed by atoms with E-state index in [-0.39, 0.29) is 5.91 Å². The number of carbonyl (C=O) groups is 1. The standard InChI is InChI=1S/C16H15N3O2/c1-2-19-13-9-5-3-7-11(13)16(15(19)20)18-17-12-8-4-6-10-14(12)21-16/h3-10,17-18H,2H2,1H3. The number of rotatable bonds is 1.